The van der Waals surface area contributed by atoms with E-state index < -0.39 is 24.6 Å². The van der Waals surface area contributed by atoms with Crippen LogP contribution >= 0.6 is 0 Å². The molecular weight excluding hydrogens is 251 g/mol. The summed E-state index contributed by atoms with van der Waals surface area (Å²) in [5, 5.41) is 20.2. The van der Waals surface area contributed by atoms with E-state index in [9.17, 15) is 23.1 Å². The molecule has 0 aliphatic carbocycles. The van der Waals surface area contributed by atoms with E-state index in [0.717, 1.165) is 0 Å². The van der Waals surface area contributed by atoms with Crippen molar-refractivity contribution >= 4 is 5.97 Å². The van der Waals surface area contributed by atoms with Crippen LogP contribution in [0.5, 0.6) is 5.75 Å². The second-order valence-corrected chi connectivity index (χ2v) is 3.69. The Morgan fingerprint density at radius 1 is 1.33 bits per heavy atom. The van der Waals surface area contributed by atoms with Gasteiger partial charge in [-0.3, -0.25) is 4.79 Å². The van der Waals surface area contributed by atoms with Crippen molar-refractivity contribution < 1.29 is 28.2 Å². The number of aliphatic carboxylic acids is 1. The highest BCUT2D eigenvalue weighted by molar-refractivity contribution is 5.71. The molecule has 0 fully saturated rings. The Bertz CT molecular complexity index is 420. The van der Waals surface area contributed by atoms with Crippen LogP contribution in [0.15, 0.2) is 24.3 Å². The third-order valence-electron chi connectivity index (χ3n) is 2.35. The minimum atomic E-state index is -4.79. The van der Waals surface area contributed by atoms with Crippen LogP contribution in [0.2, 0.25) is 0 Å². The van der Waals surface area contributed by atoms with Gasteiger partial charge in [-0.15, -0.1) is 0 Å². The van der Waals surface area contributed by atoms with E-state index in [1.807, 2.05) is 0 Å². The SMILES string of the molecule is O=C(O)C(CNCc1ccccc1O)C(F)(F)F. The molecule has 1 aromatic rings. The topological polar surface area (TPSA) is 69.6 Å². The van der Waals surface area contributed by atoms with Gasteiger partial charge in [-0.25, -0.2) is 0 Å². The average Bonchev–Trinajstić information content (AvgIpc) is 2.24. The Hall–Kier alpha value is -1.76. The molecule has 0 saturated carbocycles. The van der Waals surface area contributed by atoms with Crippen LogP contribution in [0.3, 0.4) is 0 Å². The quantitative estimate of drug-likeness (QED) is 0.757. The van der Waals surface area contributed by atoms with E-state index in [4.69, 9.17) is 5.11 Å². The van der Waals surface area contributed by atoms with Gasteiger partial charge in [-0.1, -0.05) is 18.2 Å². The molecule has 0 saturated heterocycles. The number of carbonyl (C=O) groups is 1. The van der Waals surface area contributed by atoms with Gasteiger partial charge in [0.05, 0.1) is 0 Å². The normalized spacial score (nSPS) is 13.3. The molecule has 100 valence electrons. The molecule has 0 spiro atoms. The van der Waals surface area contributed by atoms with E-state index in [-0.39, 0.29) is 12.3 Å². The molecule has 1 unspecified atom stereocenters. The molecule has 0 aliphatic rings. The summed E-state index contributed by atoms with van der Waals surface area (Å²) in [6, 6.07) is 6.13. The van der Waals surface area contributed by atoms with Crippen LogP contribution in [-0.4, -0.2) is 28.9 Å². The van der Waals surface area contributed by atoms with Gasteiger partial charge in [0.25, 0.3) is 0 Å². The predicted molar refractivity (Wildman–Crippen MR) is 57.0 cm³/mol. The zero-order chi connectivity index (χ0) is 13.8. The minimum absolute atomic E-state index is 0.0352. The van der Waals surface area contributed by atoms with Gasteiger partial charge in [0.2, 0.25) is 0 Å². The summed E-state index contributed by atoms with van der Waals surface area (Å²) < 4.78 is 36.9. The van der Waals surface area contributed by atoms with Crippen molar-refractivity contribution in [1.82, 2.24) is 5.32 Å². The fourth-order valence-corrected chi connectivity index (χ4v) is 1.35. The highest BCUT2D eigenvalue weighted by Crippen LogP contribution is 2.26. The first kappa shape index (κ1) is 14.3. The number of hydrogen-bond donors (Lipinski definition) is 3. The van der Waals surface area contributed by atoms with E-state index in [1.165, 1.54) is 12.1 Å². The van der Waals surface area contributed by atoms with Crippen LogP contribution in [0.4, 0.5) is 13.2 Å². The lowest BCUT2D eigenvalue weighted by atomic mass is 10.1. The Kier molecular flexibility index (Phi) is 4.55. The first-order chi connectivity index (χ1) is 8.32. The lowest BCUT2D eigenvalue weighted by Gasteiger charge is -2.16. The third kappa shape index (κ3) is 3.92. The molecule has 0 bridgehead atoms. The predicted octanol–water partition coefficient (Wildman–Crippen LogP) is 1.74. The van der Waals surface area contributed by atoms with Crippen molar-refractivity contribution in [3.63, 3.8) is 0 Å². The maximum atomic E-state index is 12.3. The maximum absolute atomic E-state index is 12.3. The number of para-hydroxylation sites is 1. The number of benzene rings is 1. The number of aromatic hydroxyl groups is 1. The summed E-state index contributed by atoms with van der Waals surface area (Å²) in [6.07, 6.45) is -4.79. The van der Waals surface area contributed by atoms with Gasteiger partial charge >= 0.3 is 12.1 Å². The number of rotatable bonds is 5. The molecule has 0 radical (unpaired) electrons. The van der Waals surface area contributed by atoms with Crippen molar-refractivity contribution in [2.75, 3.05) is 6.54 Å². The van der Waals surface area contributed by atoms with Crippen LogP contribution < -0.4 is 5.32 Å². The molecule has 1 rings (SSSR count). The Morgan fingerprint density at radius 3 is 2.44 bits per heavy atom. The Labute approximate surface area is 101 Å². The first-order valence-electron chi connectivity index (χ1n) is 5.09. The molecule has 0 amide bonds. The molecular formula is C11H12F3NO3. The summed E-state index contributed by atoms with van der Waals surface area (Å²) in [6.45, 7) is -0.778. The van der Waals surface area contributed by atoms with Crippen LogP contribution in [0.1, 0.15) is 5.56 Å². The van der Waals surface area contributed by atoms with Gasteiger partial charge in [0, 0.05) is 18.7 Å². The second-order valence-electron chi connectivity index (χ2n) is 3.69. The number of phenols is 1. The molecule has 3 N–H and O–H groups in total. The van der Waals surface area contributed by atoms with Crippen molar-refractivity contribution in [1.29, 1.82) is 0 Å². The molecule has 0 heterocycles. The highest BCUT2D eigenvalue weighted by Gasteiger charge is 2.44. The summed E-state index contributed by atoms with van der Waals surface area (Å²) in [5.41, 5.74) is 0.406. The van der Waals surface area contributed by atoms with E-state index in [0.29, 0.717) is 5.56 Å². The molecule has 4 nitrogen and oxygen atoms in total. The largest absolute Gasteiger partial charge is 0.508 e. The molecule has 0 aromatic heterocycles. The van der Waals surface area contributed by atoms with E-state index >= 15 is 0 Å². The standard InChI is InChI=1S/C11H12F3NO3/c12-11(13,14)8(10(17)18)6-15-5-7-3-1-2-4-9(7)16/h1-4,8,15-16H,5-6H2,(H,17,18). The van der Waals surface area contributed by atoms with Gasteiger partial charge in [-0.2, -0.15) is 13.2 Å². The highest BCUT2D eigenvalue weighted by atomic mass is 19.4. The fourth-order valence-electron chi connectivity index (χ4n) is 1.35. The zero-order valence-electron chi connectivity index (χ0n) is 9.24. The number of halogens is 3. The zero-order valence-corrected chi connectivity index (χ0v) is 9.24. The van der Waals surface area contributed by atoms with Gasteiger partial charge in [0.15, 0.2) is 5.92 Å². The smallest absolute Gasteiger partial charge is 0.403 e. The van der Waals surface area contributed by atoms with Crippen LogP contribution in [-0.2, 0) is 11.3 Å². The third-order valence-corrected chi connectivity index (χ3v) is 2.35. The van der Waals surface area contributed by atoms with E-state index in [1.54, 1.807) is 12.1 Å². The average molecular weight is 263 g/mol. The van der Waals surface area contributed by atoms with Gasteiger partial charge in [-0.05, 0) is 6.07 Å². The lowest BCUT2D eigenvalue weighted by molar-refractivity contribution is -0.192. The number of carboxylic acids is 1. The van der Waals surface area contributed by atoms with Crippen molar-refractivity contribution in [3.05, 3.63) is 29.8 Å². The number of alkyl halides is 3. The summed E-state index contributed by atoms with van der Waals surface area (Å²) >= 11 is 0. The second kappa shape index (κ2) is 5.72. The number of hydrogen-bond acceptors (Lipinski definition) is 3. The Morgan fingerprint density at radius 2 is 1.94 bits per heavy atom. The molecule has 1 aromatic carbocycles. The van der Waals surface area contributed by atoms with Crippen molar-refractivity contribution in [3.8, 4) is 5.75 Å². The molecule has 18 heavy (non-hydrogen) atoms. The van der Waals surface area contributed by atoms with Crippen molar-refractivity contribution in [2.24, 2.45) is 5.92 Å². The number of phenolic OH excluding ortho intramolecular Hbond substituents is 1. The lowest BCUT2D eigenvalue weighted by Crippen LogP contribution is -2.38. The monoisotopic (exact) mass is 263 g/mol. The van der Waals surface area contributed by atoms with Crippen LogP contribution in [0.25, 0.3) is 0 Å². The first-order valence-corrected chi connectivity index (χ1v) is 5.09. The summed E-state index contributed by atoms with van der Waals surface area (Å²) in [7, 11) is 0. The van der Waals surface area contributed by atoms with Crippen LogP contribution in [0, 0.1) is 5.92 Å². The number of carboxylic acid groups (broad SMARTS) is 1. The Balaban J connectivity index is 2.55. The molecule has 0 aliphatic heterocycles. The van der Waals surface area contributed by atoms with Crippen molar-refractivity contribution in [2.45, 2.75) is 12.7 Å². The van der Waals surface area contributed by atoms with E-state index in [2.05, 4.69) is 5.32 Å². The molecule has 1 atom stereocenters. The fraction of sp³-hybridized carbons (Fsp3) is 0.364. The maximum Gasteiger partial charge on any atom is 0.403 e. The summed E-state index contributed by atoms with van der Waals surface area (Å²) in [5.74, 6) is -4.43. The summed E-state index contributed by atoms with van der Waals surface area (Å²) in [4.78, 5) is 10.4. The molecule has 7 heteroatoms. The van der Waals surface area contributed by atoms with Gasteiger partial charge in [0.1, 0.15) is 5.75 Å². The van der Waals surface area contributed by atoms with Gasteiger partial charge < -0.3 is 15.5 Å². The minimum Gasteiger partial charge on any atom is -0.508 e. The number of nitrogens with one attached hydrogen (secondary N) is 1.